The van der Waals surface area contributed by atoms with Crippen LogP contribution in [0.1, 0.15) is 26.2 Å². The van der Waals surface area contributed by atoms with Crippen molar-refractivity contribution in [2.24, 2.45) is 5.41 Å². The Labute approximate surface area is 186 Å². The van der Waals surface area contributed by atoms with E-state index in [9.17, 15) is 4.79 Å². The lowest BCUT2D eigenvalue weighted by molar-refractivity contribution is -0.129. The Morgan fingerprint density at radius 1 is 1.29 bits per heavy atom. The SMILES string of the molecule is CNC(=O)[C@]1(C)CC[C@@H](Nc2ncc3c(Br)nn(-c4ccc5cncnc5c4)c3n2)C1. The molecule has 10 heteroatoms. The van der Waals surface area contributed by atoms with Gasteiger partial charge in [0.1, 0.15) is 10.9 Å². The first kappa shape index (κ1) is 19.8. The molecule has 5 rings (SSSR count). The lowest BCUT2D eigenvalue weighted by atomic mass is 9.87. The van der Waals surface area contributed by atoms with Crippen LogP contribution >= 0.6 is 15.9 Å². The summed E-state index contributed by atoms with van der Waals surface area (Å²) in [5.41, 5.74) is 2.00. The summed E-state index contributed by atoms with van der Waals surface area (Å²) in [6.07, 6.45) is 7.52. The number of halogens is 1. The van der Waals surface area contributed by atoms with Crippen LogP contribution in [0.3, 0.4) is 0 Å². The van der Waals surface area contributed by atoms with Crippen molar-refractivity contribution < 1.29 is 4.79 Å². The molecular weight excluding hydrogens is 460 g/mol. The molecule has 0 saturated heterocycles. The molecule has 4 aromatic rings. The summed E-state index contributed by atoms with van der Waals surface area (Å²) >= 11 is 3.51. The molecule has 0 radical (unpaired) electrons. The summed E-state index contributed by atoms with van der Waals surface area (Å²) in [5.74, 6) is 0.603. The van der Waals surface area contributed by atoms with Crippen molar-refractivity contribution >= 4 is 49.7 Å². The Morgan fingerprint density at radius 3 is 3.00 bits per heavy atom. The van der Waals surface area contributed by atoms with Crippen molar-refractivity contribution in [2.75, 3.05) is 12.4 Å². The molecule has 158 valence electrons. The van der Waals surface area contributed by atoms with E-state index in [0.717, 1.165) is 41.2 Å². The Bertz CT molecular complexity index is 1310. The largest absolute Gasteiger partial charge is 0.359 e. The minimum Gasteiger partial charge on any atom is -0.359 e. The van der Waals surface area contributed by atoms with E-state index in [1.807, 2.05) is 25.1 Å². The predicted octanol–water partition coefficient (Wildman–Crippen LogP) is 3.24. The van der Waals surface area contributed by atoms with Crippen LogP contribution in [-0.2, 0) is 4.79 Å². The highest BCUT2D eigenvalue weighted by Crippen LogP contribution is 2.39. The second kappa shape index (κ2) is 7.52. The molecule has 1 aliphatic rings. The molecule has 3 heterocycles. The Hall–Kier alpha value is -3.14. The van der Waals surface area contributed by atoms with Crippen LogP contribution in [0.25, 0.3) is 27.6 Å². The molecule has 0 aliphatic heterocycles. The molecule has 0 unspecified atom stereocenters. The van der Waals surface area contributed by atoms with E-state index in [1.54, 1.807) is 24.1 Å². The number of aromatic nitrogens is 6. The third-order valence-electron chi connectivity index (χ3n) is 5.96. The van der Waals surface area contributed by atoms with Gasteiger partial charge in [-0.3, -0.25) is 4.79 Å². The first-order chi connectivity index (χ1) is 15.0. The van der Waals surface area contributed by atoms with Crippen LogP contribution in [0.4, 0.5) is 5.95 Å². The first-order valence-electron chi connectivity index (χ1n) is 10.1. The van der Waals surface area contributed by atoms with Gasteiger partial charge in [-0.2, -0.15) is 10.1 Å². The number of fused-ring (bicyclic) bond motifs is 2. The number of carbonyl (C=O) groups excluding carboxylic acids is 1. The van der Waals surface area contributed by atoms with Crippen molar-refractivity contribution in [3.63, 3.8) is 0 Å². The molecule has 31 heavy (non-hydrogen) atoms. The number of amides is 1. The summed E-state index contributed by atoms with van der Waals surface area (Å²) in [6, 6.07) is 6.02. The van der Waals surface area contributed by atoms with Gasteiger partial charge in [-0.05, 0) is 53.4 Å². The topological polar surface area (TPSA) is 111 Å². The maximum Gasteiger partial charge on any atom is 0.225 e. The number of hydrogen-bond acceptors (Lipinski definition) is 7. The maximum atomic E-state index is 12.2. The lowest BCUT2D eigenvalue weighted by Gasteiger charge is -2.22. The van der Waals surface area contributed by atoms with Crippen molar-refractivity contribution in [2.45, 2.75) is 32.2 Å². The second-order valence-corrected chi connectivity index (χ2v) is 8.87. The fourth-order valence-corrected chi connectivity index (χ4v) is 4.71. The van der Waals surface area contributed by atoms with Gasteiger partial charge in [0, 0.05) is 36.3 Å². The smallest absolute Gasteiger partial charge is 0.225 e. The summed E-state index contributed by atoms with van der Waals surface area (Å²) in [5, 5.41) is 12.6. The zero-order valence-electron chi connectivity index (χ0n) is 17.1. The van der Waals surface area contributed by atoms with Crippen molar-refractivity contribution in [3.05, 3.63) is 41.5 Å². The molecule has 9 nitrogen and oxygen atoms in total. The Morgan fingerprint density at radius 2 is 2.16 bits per heavy atom. The average Bonchev–Trinajstić information content (AvgIpc) is 3.33. The molecule has 2 N–H and O–H groups in total. The number of nitrogens with one attached hydrogen (secondary N) is 2. The van der Waals surface area contributed by atoms with E-state index in [1.165, 1.54) is 6.33 Å². The van der Waals surface area contributed by atoms with Gasteiger partial charge in [-0.1, -0.05) is 6.92 Å². The van der Waals surface area contributed by atoms with E-state index in [-0.39, 0.29) is 17.4 Å². The van der Waals surface area contributed by atoms with Crippen LogP contribution in [0.15, 0.2) is 41.5 Å². The number of hydrogen-bond donors (Lipinski definition) is 2. The highest BCUT2D eigenvalue weighted by atomic mass is 79.9. The molecule has 1 saturated carbocycles. The van der Waals surface area contributed by atoms with Gasteiger partial charge < -0.3 is 10.6 Å². The predicted molar refractivity (Wildman–Crippen MR) is 121 cm³/mol. The van der Waals surface area contributed by atoms with Gasteiger partial charge >= 0.3 is 0 Å². The highest BCUT2D eigenvalue weighted by Gasteiger charge is 2.40. The van der Waals surface area contributed by atoms with E-state index >= 15 is 0 Å². The van der Waals surface area contributed by atoms with Crippen molar-refractivity contribution in [3.8, 4) is 5.69 Å². The highest BCUT2D eigenvalue weighted by molar-refractivity contribution is 9.10. The molecule has 3 aromatic heterocycles. The number of benzene rings is 1. The number of rotatable bonds is 4. The monoisotopic (exact) mass is 480 g/mol. The van der Waals surface area contributed by atoms with E-state index in [4.69, 9.17) is 4.98 Å². The zero-order valence-corrected chi connectivity index (χ0v) is 18.7. The van der Waals surface area contributed by atoms with Gasteiger partial charge in [-0.15, -0.1) is 0 Å². The standard InChI is InChI=1S/C21H21BrN8O/c1-21(19(31)23-2)6-5-13(8-21)27-20-25-10-15-17(22)29-30(18(15)28-20)14-4-3-12-9-24-11-26-16(12)7-14/h3-4,7,9-11,13H,5-6,8H2,1-2H3,(H,23,31)(H,25,27,28)/t13-,21-/m1/s1. The summed E-state index contributed by atoms with van der Waals surface area (Å²) in [6.45, 7) is 2.01. The third kappa shape index (κ3) is 3.50. The third-order valence-corrected chi connectivity index (χ3v) is 6.55. The quantitative estimate of drug-likeness (QED) is 0.461. The van der Waals surface area contributed by atoms with Gasteiger partial charge in [0.25, 0.3) is 0 Å². The molecule has 0 bridgehead atoms. The lowest BCUT2D eigenvalue weighted by Crippen LogP contribution is -2.35. The van der Waals surface area contributed by atoms with Crippen LogP contribution in [0.2, 0.25) is 0 Å². The average molecular weight is 481 g/mol. The number of anilines is 1. The van der Waals surface area contributed by atoms with Crippen LogP contribution in [-0.4, -0.2) is 48.7 Å². The number of nitrogens with zero attached hydrogens (tertiary/aromatic N) is 6. The first-order valence-corrected chi connectivity index (χ1v) is 10.9. The van der Waals surface area contributed by atoms with E-state index in [2.05, 4.69) is 46.6 Å². The van der Waals surface area contributed by atoms with Crippen LogP contribution in [0.5, 0.6) is 0 Å². The second-order valence-electron chi connectivity index (χ2n) is 8.12. The molecule has 1 fully saturated rings. The molecule has 1 aliphatic carbocycles. The number of carbonyl (C=O) groups is 1. The molecule has 1 amide bonds. The Kier molecular flexibility index (Phi) is 4.81. The minimum absolute atomic E-state index is 0.0790. The molecule has 2 atom stereocenters. The van der Waals surface area contributed by atoms with Crippen molar-refractivity contribution in [1.82, 2.24) is 35.0 Å². The van der Waals surface area contributed by atoms with Gasteiger partial charge in [0.2, 0.25) is 11.9 Å². The van der Waals surface area contributed by atoms with E-state index < -0.39 is 0 Å². The molecule has 1 aromatic carbocycles. The van der Waals surface area contributed by atoms with Gasteiger partial charge in [0.05, 0.1) is 16.6 Å². The van der Waals surface area contributed by atoms with Crippen LogP contribution < -0.4 is 10.6 Å². The summed E-state index contributed by atoms with van der Waals surface area (Å²) in [7, 11) is 1.68. The maximum absolute atomic E-state index is 12.2. The zero-order chi connectivity index (χ0) is 21.6. The minimum atomic E-state index is -0.367. The molecule has 0 spiro atoms. The van der Waals surface area contributed by atoms with Crippen LogP contribution in [0, 0.1) is 5.41 Å². The van der Waals surface area contributed by atoms with Gasteiger partial charge in [-0.25, -0.2) is 19.6 Å². The Balaban J connectivity index is 1.48. The summed E-state index contributed by atoms with van der Waals surface area (Å²) in [4.78, 5) is 29.8. The van der Waals surface area contributed by atoms with Crippen molar-refractivity contribution in [1.29, 1.82) is 0 Å². The normalized spacial score (nSPS) is 20.9. The van der Waals surface area contributed by atoms with E-state index in [0.29, 0.717) is 16.2 Å². The fraction of sp³-hybridized carbons (Fsp3) is 0.333. The summed E-state index contributed by atoms with van der Waals surface area (Å²) < 4.78 is 2.45. The fourth-order valence-electron chi connectivity index (χ4n) is 4.27. The van der Waals surface area contributed by atoms with Gasteiger partial charge in [0.15, 0.2) is 5.65 Å². The molecular formula is C21H21BrN8O.